The number of benzene rings is 1. The summed E-state index contributed by atoms with van der Waals surface area (Å²) in [6, 6.07) is 7.05. The number of hydrogen-bond acceptors (Lipinski definition) is 4. The Labute approximate surface area is 157 Å². The first-order valence-corrected chi connectivity index (χ1v) is 9.83. The molecular weight excluding hydrogens is 356 g/mol. The fraction of sp³-hybridized carbons (Fsp3) is 0.474. The van der Waals surface area contributed by atoms with E-state index in [1.165, 1.54) is 11.8 Å². The number of aromatic nitrogens is 2. The number of Topliss-reactive ketones (excluding diaryl/α,β-unsaturated/α-hetero) is 1. The Kier molecular flexibility index (Phi) is 5.87. The number of carbonyl (C=O) groups is 1. The standard InChI is InChI=1S/C19H23ClN2O2S/c1-12-13(2)22(11-17-5-4-10-24-17)19(21-12)25-14(3)18(23)15-6-8-16(20)9-7-15/h6-9,14,17H,4-5,10-11H2,1-3H3/t14-,17+/m0/s1. The summed E-state index contributed by atoms with van der Waals surface area (Å²) in [4.78, 5) is 17.4. The lowest BCUT2D eigenvalue weighted by molar-refractivity contribution is 0.0944. The first-order valence-electron chi connectivity index (χ1n) is 8.57. The van der Waals surface area contributed by atoms with Gasteiger partial charge in [0.15, 0.2) is 10.9 Å². The highest BCUT2D eigenvalue weighted by molar-refractivity contribution is 8.00. The monoisotopic (exact) mass is 378 g/mol. The van der Waals surface area contributed by atoms with Gasteiger partial charge < -0.3 is 9.30 Å². The van der Waals surface area contributed by atoms with E-state index in [0.717, 1.165) is 42.5 Å². The van der Waals surface area contributed by atoms with Gasteiger partial charge in [-0.2, -0.15) is 0 Å². The van der Waals surface area contributed by atoms with Gasteiger partial charge in [0.25, 0.3) is 0 Å². The Hall–Kier alpha value is -1.30. The third kappa shape index (κ3) is 4.27. The molecule has 2 aromatic rings. The average molecular weight is 379 g/mol. The summed E-state index contributed by atoms with van der Waals surface area (Å²) in [5.41, 5.74) is 2.82. The van der Waals surface area contributed by atoms with Gasteiger partial charge in [0, 0.05) is 22.9 Å². The molecule has 0 N–H and O–H groups in total. The molecule has 0 aliphatic carbocycles. The molecule has 1 fully saturated rings. The van der Waals surface area contributed by atoms with E-state index in [4.69, 9.17) is 16.3 Å². The number of ether oxygens (including phenoxy) is 1. The molecule has 4 nitrogen and oxygen atoms in total. The molecule has 0 unspecified atom stereocenters. The maximum Gasteiger partial charge on any atom is 0.175 e. The molecule has 134 valence electrons. The summed E-state index contributed by atoms with van der Waals surface area (Å²) in [5.74, 6) is 0.0867. The third-order valence-corrected chi connectivity index (χ3v) is 5.96. The number of halogens is 1. The van der Waals surface area contributed by atoms with E-state index in [0.29, 0.717) is 10.6 Å². The fourth-order valence-corrected chi connectivity index (χ4v) is 4.19. The quantitative estimate of drug-likeness (QED) is 0.540. The van der Waals surface area contributed by atoms with Crippen LogP contribution in [-0.4, -0.2) is 33.3 Å². The van der Waals surface area contributed by atoms with Gasteiger partial charge in [-0.3, -0.25) is 4.79 Å². The van der Waals surface area contributed by atoms with E-state index in [2.05, 4.69) is 16.5 Å². The molecule has 1 aromatic heterocycles. The number of aryl methyl sites for hydroxylation is 1. The summed E-state index contributed by atoms with van der Waals surface area (Å²) in [5, 5.41) is 1.31. The Morgan fingerprint density at radius 3 is 2.76 bits per heavy atom. The molecule has 1 saturated heterocycles. The number of imidazole rings is 1. The molecule has 0 spiro atoms. The lowest BCUT2D eigenvalue weighted by atomic mass is 10.1. The molecule has 0 bridgehead atoms. The average Bonchev–Trinajstić information content (AvgIpc) is 3.19. The van der Waals surface area contributed by atoms with Crippen LogP contribution >= 0.6 is 23.4 Å². The highest BCUT2D eigenvalue weighted by atomic mass is 35.5. The van der Waals surface area contributed by atoms with Crippen molar-refractivity contribution in [1.29, 1.82) is 0 Å². The van der Waals surface area contributed by atoms with Gasteiger partial charge in [-0.15, -0.1) is 0 Å². The summed E-state index contributed by atoms with van der Waals surface area (Å²) >= 11 is 7.42. The van der Waals surface area contributed by atoms with Crippen molar-refractivity contribution in [3.8, 4) is 0 Å². The zero-order valence-corrected chi connectivity index (χ0v) is 16.4. The van der Waals surface area contributed by atoms with Crippen LogP contribution in [0.2, 0.25) is 5.02 Å². The molecule has 0 saturated carbocycles. The second-order valence-corrected chi connectivity index (χ2v) is 8.19. The van der Waals surface area contributed by atoms with Crippen LogP contribution in [0.25, 0.3) is 0 Å². The van der Waals surface area contributed by atoms with Crippen LogP contribution in [0, 0.1) is 13.8 Å². The van der Waals surface area contributed by atoms with E-state index in [-0.39, 0.29) is 17.1 Å². The normalized spacial score (nSPS) is 18.5. The van der Waals surface area contributed by atoms with Crippen LogP contribution in [0.15, 0.2) is 29.4 Å². The zero-order chi connectivity index (χ0) is 18.0. The van der Waals surface area contributed by atoms with E-state index >= 15 is 0 Å². The van der Waals surface area contributed by atoms with E-state index in [1.807, 2.05) is 13.8 Å². The van der Waals surface area contributed by atoms with Crippen molar-refractivity contribution < 1.29 is 9.53 Å². The van der Waals surface area contributed by atoms with Crippen LogP contribution in [0.4, 0.5) is 0 Å². The van der Waals surface area contributed by atoms with Gasteiger partial charge in [-0.1, -0.05) is 23.4 Å². The SMILES string of the molecule is Cc1nc(S[C@@H](C)C(=O)c2ccc(Cl)cc2)n(C[C@H]2CCCO2)c1C. The molecule has 2 heterocycles. The third-order valence-electron chi connectivity index (χ3n) is 4.61. The van der Waals surface area contributed by atoms with Crippen LogP contribution < -0.4 is 0 Å². The number of rotatable bonds is 6. The van der Waals surface area contributed by atoms with Crippen LogP contribution in [-0.2, 0) is 11.3 Å². The Bertz CT molecular complexity index is 752. The summed E-state index contributed by atoms with van der Waals surface area (Å²) in [6.07, 6.45) is 2.44. The predicted molar refractivity (Wildman–Crippen MR) is 102 cm³/mol. The van der Waals surface area contributed by atoms with Gasteiger partial charge in [0.2, 0.25) is 0 Å². The smallest absolute Gasteiger partial charge is 0.175 e. The molecule has 1 aliphatic rings. The summed E-state index contributed by atoms with van der Waals surface area (Å²) in [6.45, 7) is 7.66. The van der Waals surface area contributed by atoms with Crippen molar-refractivity contribution in [2.24, 2.45) is 0 Å². The number of ketones is 1. The minimum Gasteiger partial charge on any atom is -0.376 e. The van der Waals surface area contributed by atoms with Crippen LogP contribution in [0.1, 0.15) is 41.5 Å². The molecule has 6 heteroatoms. The molecular formula is C19H23ClN2O2S. The number of hydrogen-bond donors (Lipinski definition) is 0. The summed E-state index contributed by atoms with van der Waals surface area (Å²) in [7, 11) is 0. The van der Waals surface area contributed by atoms with Gasteiger partial charge in [0.1, 0.15) is 0 Å². The predicted octanol–water partition coefficient (Wildman–Crippen LogP) is 4.70. The number of nitrogens with zero attached hydrogens (tertiary/aromatic N) is 2. The van der Waals surface area contributed by atoms with Crippen molar-refractivity contribution in [2.75, 3.05) is 6.61 Å². The van der Waals surface area contributed by atoms with Crippen molar-refractivity contribution in [3.63, 3.8) is 0 Å². The Morgan fingerprint density at radius 1 is 1.40 bits per heavy atom. The Morgan fingerprint density at radius 2 is 2.12 bits per heavy atom. The maximum atomic E-state index is 12.7. The first kappa shape index (κ1) is 18.5. The topological polar surface area (TPSA) is 44.1 Å². The Balaban J connectivity index is 1.76. The minimum absolute atomic E-state index is 0.0867. The molecule has 1 aromatic carbocycles. The van der Waals surface area contributed by atoms with Crippen molar-refractivity contribution in [2.45, 2.75) is 56.7 Å². The minimum atomic E-state index is -0.217. The van der Waals surface area contributed by atoms with Gasteiger partial charge in [0.05, 0.1) is 23.6 Å². The van der Waals surface area contributed by atoms with Crippen molar-refractivity contribution in [3.05, 3.63) is 46.2 Å². The second kappa shape index (κ2) is 7.94. The molecule has 25 heavy (non-hydrogen) atoms. The number of thioether (sulfide) groups is 1. The van der Waals surface area contributed by atoms with E-state index < -0.39 is 0 Å². The van der Waals surface area contributed by atoms with Gasteiger partial charge >= 0.3 is 0 Å². The highest BCUT2D eigenvalue weighted by Crippen LogP contribution is 2.29. The van der Waals surface area contributed by atoms with Crippen LogP contribution in [0.5, 0.6) is 0 Å². The van der Waals surface area contributed by atoms with Crippen molar-refractivity contribution in [1.82, 2.24) is 9.55 Å². The molecule has 1 aliphatic heterocycles. The molecule has 0 amide bonds. The lowest BCUT2D eigenvalue weighted by Crippen LogP contribution is -2.19. The van der Waals surface area contributed by atoms with E-state index in [9.17, 15) is 4.79 Å². The first-order chi connectivity index (χ1) is 12.0. The lowest BCUT2D eigenvalue weighted by Gasteiger charge is -2.16. The molecule has 2 atom stereocenters. The van der Waals surface area contributed by atoms with Gasteiger partial charge in [-0.05, 0) is 57.9 Å². The fourth-order valence-electron chi connectivity index (χ4n) is 2.98. The highest BCUT2D eigenvalue weighted by Gasteiger charge is 2.23. The molecule has 3 rings (SSSR count). The maximum absolute atomic E-state index is 12.7. The van der Waals surface area contributed by atoms with Gasteiger partial charge in [-0.25, -0.2) is 4.98 Å². The second-order valence-electron chi connectivity index (χ2n) is 6.44. The van der Waals surface area contributed by atoms with E-state index in [1.54, 1.807) is 24.3 Å². The largest absolute Gasteiger partial charge is 0.376 e. The number of carbonyl (C=O) groups excluding carboxylic acids is 1. The van der Waals surface area contributed by atoms with Crippen molar-refractivity contribution >= 4 is 29.1 Å². The van der Waals surface area contributed by atoms with Crippen LogP contribution in [0.3, 0.4) is 0 Å². The zero-order valence-electron chi connectivity index (χ0n) is 14.8. The molecule has 0 radical (unpaired) electrons. The summed E-state index contributed by atoms with van der Waals surface area (Å²) < 4.78 is 7.97.